The fraction of sp³-hybridized carbons (Fsp3) is 0.231. The highest BCUT2D eigenvalue weighted by molar-refractivity contribution is 5.98. The number of alkyl halides is 3. The maximum atomic E-state index is 13.8. The first-order valence-corrected chi connectivity index (χ1v) is 5.71. The predicted molar refractivity (Wildman–Crippen MR) is 67.1 cm³/mol. The minimum atomic E-state index is -4.90. The van der Waals surface area contributed by atoms with Crippen LogP contribution in [-0.2, 0) is 25.2 Å². The van der Waals surface area contributed by atoms with Crippen molar-refractivity contribution in [2.75, 3.05) is 19.5 Å². The average Bonchev–Trinajstić information content (AvgIpc) is 2.46. The Morgan fingerprint density at radius 1 is 1.18 bits per heavy atom. The van der Waals surface area contributed by atoms with Gasteiger partial charge in [0.2, 0.25) is 0 Å². The number of esters is 2. The molecule has 0 radical (unpaired) electrons. The van der Waals surface area contributed by atoms with Crippen LogP contribution in [0.15, 0.2) is 30.0 Å². The molecule has 5 nitrogen and oxygen atoms in total. The van der Waals surface area contributed by atoms with Crippen molar-refractivity contribution in [1.82, 2.24) is 0 Å². The summed E-state index contributed by atoms with van der Waals surface area (Å²) in [5.74, 6) is -3.67. The topological polar surface area (TPSA) is 64.6 Å². The van der Waals surface area contributed by atoms with Gasteiger partial charge in [-0.25, -0.2) is 14.0 Å². The minimum absolute atomic E-state index is 0.544. The second-order valence-corrected chi connectivity index (χ2v) is 3.86. The molecule has 1 aromatic rings. The first-order valence-electron chi connectivity index (χ1n) is 5.71. The molecule has 1 N–H and O–H groups in total. The van der Waals surface area contributed by atoms with Gasteiger partial charge in [-0.15, -0.1) is 0 Å². The molecule has 1 aromatic carbocycles. The summed E-state index contributed by atoms with van der Waals surface area (Å²) >= 11 is 0. The highest BCUT2D eigenvalue weighted by atomic mass is 19.4. The van der Waals surface area contributed by atoms with Crippen LogP contribution in [-0.4, -0.2) is 26.2 Å². The smallest absolute Gasteiger partial charge is 0.419 e. The number of carbonyl (C=O) groups is 2. The average molecular weight is 321 g/mol. The van der Waals surface area contributed by atoms with E-state index in [2.05, 4.69) is 14.8 Å². The van der Waals surface area contributed by atoms with Crippen molar-refractivity contribution in [3.63, 3.8) is 0 Å². The number of methoxy groups -OCH3 is 2. The molecule has 1 rings (SSSR count). The Kier molecular flexibility index (Phi) is 5.50. The molecule has 0 saturated carbocycles. The Morgan fingerprint density at radius 3 is 2.32 bits per heavy atom. The van der Waals surface area contributed by atoms with E-state index in [-0.39, 0.29) is 0 Å². The van der Waals surface area contributed by atoms with Crippen LogP contribution in [0.3, 0.4) is 0 Å². The quantitative estimate of drug-likeness (QED) is 0.524. The Balaban J connectivity index is 3.23. The largest absolute Gasteiger partial charge is 0.466 e. The fourth-order valence-corrected chi connectivity index (χ4v) is 1.43. The van der Waals surface area contributed by atoms with Gasteiger partial charge >= 0.3 is 18.1 Å². The second-order valence-electron chi connectivity index (χ2n) is 3.86. The van der Waals surface area contributed by atoms with Crippen LogP contribution in [0, 0.1) is 5.82 Å². The van der Waals surface area contributed by atoms with E-state index in [4.69, 9.17) is 0 Å². The highest BCUT2D eigenvalue weighted by Gasteiger charge is 2.35. The van der Waals surface area contributed by atoms with Crippen molar-refractivity contribution in [3.05, 3.63) is 41.4 Å². The number of benzene rings is 1. The molecule has 22 heavy (non-hydrogen) atoms. The third kappa shape index (κ3) is 4.21. The molecular weight excluding hydrogens is 310 g/mol. The van der Waals surface area contributed by atoms with Gasteiger partial charge in [-0.1, -0.05) is 6.07 Å². The van der Waals surface area contributed by atoms with Gasteiger partial charge in [-0.05, 0) is 12.1 Å². The molecule has 0 aliphatic carbocycles. The zero-order chi connectivity index (χ0) is 16.9. The van der Waals surface area contributed by atoms with Crippen molar-refractivity contribution in [1.29, 1.82) is 0 Å². The number of hydrogen-bond acceptors (Lipinski definition) is 5. The van der Waals surface area contributed by atoms with Crippen LogP contribution in [0.25, 0.3) is 0 Å². The van der Waals surface area contributed by atoms with Crippen molar-refractivity contribution in [3.8, 4) is 0 Å². The van der Waals surface area contributed by atoms with E-state index in [0.717, 1.165) is 26.4 Å². The van der Waals surface area contributed by atoms with Gasteiger partial charge < -0.3 is 14.8 Å². The molecule has 0 atom stereocenters. The fourth-order valence-electron chi connectivity index (χ4n) is 1.43. The molecular formula is C13H11F4NO4. The van der Waals surface area contributed by atoms with Crippen LogP contribution in [0.2, 0.25) is 0 Å². The molecule has 0 bridgehead atoms. The SMILES string of the molecule is COC(=O)/C=C(/Nc1cccc(C(F)(F)F)c1F)C(=O)OC. The van der Waals surface area contributed by atoms with Crippen LogP contribution in [0.4, 0.5) is 23.2 Å². The first-order chi connectivity index (χ1) is 10.2. The predicted octanol–water partition coefficient (Wildman–Crippen LogP) is 2.49. The van der Waals surface area contributed by atoms with Crippen molar-refractivity contribution >= 4 is 17.6 Å². The lowest BCUT2D eigenvalue weighted by Crippen LogP contribution is -2.17. The summed E-state index contributed by atoms with van der Waals surface area (Å²) in [7, 11) is 2.01. The van der Waals surface area contributed by atoms with Gasteiger partial charge in [0.1, 0.15) is 5.70 Å². The van der Waals surface area contributed by atoms with E-state index in [1.54, 1.807) is 0 Å². The lowest BCUT2D eigenvalue weighted by molar-refractivity contribution is -0.140. The van der Waals surface area contributed by atoms with Gasteiger partial charge in [0, 0.05) is 0 Å². The number of carbonyl (C=O) groups excluding carboxylic acids is 2. The maximum Gasteiger partial charge on any atom is 0.419 e. The first kappa shape index (κ1) is 17.5. The van der Waals surface area contributed by atoms with Gasteiger partial charge in [-0.2, -0.15) is 13.2 Å². The van der Waals surface area contributed by atoms with Crippen molar-refractivity contribution in [2.45, 2.75) is 6.18 Å². The van der Waals surface area contributed by atoms with Gasteiger partial charge in [-0.3, -0.25) is 0 Å². The number of hydrogen-bond donors (Lipinski definition) is 1. The molecule has 0 spiro atoms. The Morgan fingerprint density at radius 2 is 1.82 bits per heavy atom. The Hall–Kier alpha value is -2.58. The highest BCUT2D eigenvalue weighted by Crippen LogP contribution is 2.34. The number of halogens is 4. The molecule has 120 valence electrons. The summed E-state index contributed by atoms with van der Waals surface area (Å²) in [6.07, 6.45) is -4.27. The molecule has 0 saturated heterocycles. The zero-order valence-corrected chi connectivity index (χ0v) is 11.5. The van der Waals surface area contributed by atoms with E-state index in [9.17, 15) is 27.2 Å². The van der Waals surface area contributed by atoms with E-state index in [1.165, 1.54) is 0 Å². The molecule has 0 fully saturated rings. The molecule has 9 heteroatoms. The van der Waals surface area contributed by atoms with E-state index < -0.39 is 40.9 Å². The minimum Gasteiger partial charge on any atom is -0.466 e. The molecule has 0 heterocycles. The van der Waals surface area contributed by atoms with Crippen LogP contribution in [0.1, 0.15) is 5.56 Å². The summed E-state index contributed by atoms with van der Waals surface area (Å²) in [6.45, 7) is 0. The van der Waals surface area contributed by atoms with Crippen LogP contribution >= 0.6 is 0 Å². The number of nitrogens with one attached hydrogen (secondary N) is 1. The lowest BCUT2D eigenvalue weighted by atomic mass is 10.1. The normalized spacial score (nSPS) is 11.8. The molecule has 0 aliphatic heterocycles. The summed E-state index contributed by atoms with van der Waals surface area (Å²) in [6, 6.07) is 2.46. The summed E-state index contributed by atoms with van der Waals surface area (Å²) in [5.41, 5.74) is -2.73. The van der Waals surface area contributed by atoms with Crippen molar-refractivity contribution in [2.24, 2.45) is 0 Å². The molecule has 0 unspecified atom stereocenters. The van der Waals surface area contributed by atoms with Crippen LogP contribution in [0.5, 0.6) is 0 Å². The van der Waals surface area contributed by atoms with Gasteiger partial charge in [0.05, 0.1) is 31.5 Å². The third-order valence-electron chi connectivity index (χ3n) is 2.44. The third-order valence-corrected chi connectivity index (χ3v) is 2.44. The van der Waals surface area contributed by atoms with E-state index in [1.807, 2.05) is 0 Å². The number of anilines is 1. The number of rotatable bonds is 4. The summed E-state index contributed by atoms with van der Waals surface area (Å²) in [4.78, 5) is 22.6. The zero-order valence-electron chi connectivity index (χ0n) is 11.5. The number of ether oxygens (including phenoxy) is 2. The molecule has 0 amide bonds. The Bertz CT molecular complexity index is 611. The Labute approximate surface area is 122 Å². The van der Waals surface area contributed by atoms with Crippen LogP contribution < -0.4 is 5.32 Å². The molecule has 0 aliphatic rings. The molecule has 0 aromatic heterocycles. The monoisotopic (exact) mass is 321 g/mol. The second kappa shape index (κ2) is 6.92. The van der Waals surface area contributed by atoms with Gasteiger partial charge in [0.15, 0.2) is 5.82 Å². The maximum absolute atomic E-state index is 13.8. The van der Waals surface area contributed by atoms with Crippen molar-refractivity contribution < 1.29 is 36.6 Å². The summed E-state index contributed by atoms with van der Waals surface area (Å²) in [5, 5.41) is 2.09. The van der Waals surface area contributed by atoms with E-state index >= 15 is 0 Å². The summed E-state index contributed by atoms with van der Waals surface area (Å²) < 4.78 is 60.3. The van der Waals surface area contributed by atoms with E-state index in [0.29, 0.717) is 12.1 Å². The lowest BCUT2D eigenvalue weighted by Gasteiger charge is -2.13. The standard InChI is InChI=1S/C13H11F4NO4/c1-21-10(19)6-9(12(20)22-2)18-8-5-3-4-7(11(8)14)13(15,16)17/h3-6,18H,1-2H3/b9-6+. The van der Waals surface area contributed by atoms with Gasteiger partial charge in [0.25, 0.3) is 0 Å².